The van der Waals surface area contributed by atoms with Gasteiger partial charge in [-0.15, -0.1) is 0 Å². The van der Waals surface area contributed by atoms with Crippen molar-refractivity contribution >= 4 is 18.0 Å². The van der Waals surface area contributed by atoms with Crippen LogP contribution in [-0.4, -0.2) is 18.4 Å². The summed E-state index contributed by atoms with van der Waals surface area (Å²) in [7, 11) is 0. The topological polar surface area (TPSA) is 58.2 Å². The van der Waals surface area contributed by atoms with Gasteiger partial charge in [0.25, 0.3) is 0 Å². The molecule has 80 valence electrons. The summed E-state index contributed by atoms with van der Waals surface area (Å²) in [6, 6.07) is 6.52. The van der Waals surface area contributed by atoms with Gasteiger partial charge in [0.1, 0.15) is 6.29 Å². The van der Waals surface area contributed by atoms with E-state index >= 15 is 0 Å². The fourth-order valence-electron chi connectivity index (χ4n) is 1.07. The summed E-state index contributed by atoms with van der Waals surface area (Å²) < 4.78 is 0. The Morgan fingerprint density at radius 3 is 2.33 bits per heavy atom. The molecule has 4 heteroatoms. The third kappa shape index (κ3) is 3.81. The second-order valence-corrected chi connectivity index (χ2v) is 3.49. The highest BCUT2D eigenvalue weighted by atomic mass is 16.2. The van der Waals surface area contributed by atoms with Crippen molar-refractivity contribution in [1.29, 1.82) is 0 Å². The van der Waals surface area contributed by atoms with E-state index in [1.807, 2.05) is 13.8 Å². The predicted molar refractivity (Wildman–Crippen MR) is 59.1 cm³/mol. The van der Waals surface area contributed by atoms with E-state index in [9.17, 15) is 9.59 Å². The van der Waals surface area contributed by atoms with Crippen LogP contribution in [0.5, 0.6) is 0 Å². The zero-order valence-corrected chi connectivity index (χ0v) is 8.78. The van der Waals surface area contributed by atoms with Gasteiger partial charge in [0, 0.05) is 17.3 Å². The minimum Gasteiger partial charge on any atom is -0.336 e. The van der Waals surface area contributed by atoms with Crippen molar-refractivity contribution in [2.24, 2.45) is 0 Å². The maximum absolute atomic E-state index is 11.3. The van der Waals surface area contributed by atoms with Crippen LogP contribution in [0.1, 0.15) is 24.2 Å². The first-order valence-corrected chi connectivity index (χ1v) is 4.74. The van der Waals surface area contributed by atoms with E-state index in [1.54, 1.807) is 24.3 Å². The van der Waals surface area contributed by atoms with E-state index in [0.29, 0.717) is 11.3 Å². The van der Waals surface area contributed by atoms with E-state index in [0.717, 1.165) is 6.29 Å². The van der Waals surface area contributed by atoms with Crippen molar-refractivity contribution in [1.82, 2.24) is 5.32 Å². The first-order chi connectivity index (χ1) is 7.11. The molecule has 0 fully saturated rings. The number of hydrogen-bond acceptors (Lipinski definition) is 2. The Morgan fingerprint density at radius 2 is 1.87 bits per heavy atom. The van der Waals surface area contributed by atoms with Crippen molar-refractivity contribution in [2.75, 3.05) is 5.32 Å². The maximum atomic E-state index is 11.3. The van der Waals surface area contributed by atoms with E-state index in [1.165, 1.54) is 0 Å². The molecule has 0 atom stereocenters. The lowest BCUT2D eigenvalue weighted by Crippen LogP contribution is -2.34. The molecule has 2 N–H and O–H groups in total. The number of hydrogen-bond donors (Lipinski definition) is 2. The molecular formula is C11H14N2O2. The molecule has 1 aromatic rings. The molecule has 0 aliphatic carbocycles. The summed E-state index contributed by atoms with van der Waals surface area (Å²) in [5.74, 6) is 0. The fourth-order valence-corrected chi connectivity index (χ4v) is 1.07. The number of rotatable bonds is 3. The fraction of sp³-hybridized carbons (Fsp3) is 0.273. The number of anilines is 1. The van der Waals surface area contributed by atoms with Gasteiger partial charge in [0.05, 0.1) is 0 Å². The SMILES string of the molecule is CC(C)NC(=O)Nc1ccc(C=O)cc1. The van der Waals surface area contributed by atoms with Gasteiger partial charge in [-0.2, -0.15) is 0 Å². The number of urea groups is 1. The summed E-state index contributed by atoms with van der Waals surface area (Å²) in [6.07, 6.45) is 0.762. The second-order valence-electron chi connectivity index (χ2n) is 3.49. The van der Waals surface area contributed by atoms with Crippen molar-refractivity contribution in [3.05, 3.63) is 29.8 Å². The zero-order valence-electron chi connectivity index (χ0n) is 8.78. The number of benzene rings is 1. The molecule has 0 bridgehead atoms. The minimum absolute atomic E-state index is 0.0965. The monoisotopic (exact) mass is 206 g/mol. The van der Waals surface area contributed by atoms with Crippen LogP contribution in [0.4, 0.5) is 10.5 Å². The Hall–Kier alpha value is -1.84. The van der Waals surface area contributed by atoms with Gasteiger partial charge in [0.15, 0.2) is 0 Å². The molecule has 2 amide bonds. The number of carbonyl (C=O) groups excluding carboxylic acids is 2. The molecule has 0 saturated carbocycles. The first-order valence-electron chi connectivity index (χ1n) is 4.74. The Labute approximate surface area is 88.7 Å². The molecule has 0 radical (unpaired) electrons. The van der Waals surface area contributed by atoms with Gasteiger partial charge in [-0.25, -0.2) is 4.79 Å². The van der Waals surface area contributed by atoms with E-state index < -0.39 is 0 Å². The van der Waals surface area contributed by atoms with Crippen LogP contribution in [0.2, 0.25) is 0 Å². The zero-order chi connectivity index (χ0) is 11.3. The van der Waals surface area contributed by atoms with Gasteiger partial charge in [-0.05, 0) is 38.1 Å². The molecule has 15 heavy (non-hydrogen) atoms. The van der Waals surface area contributed by atoms with E-state index in [2.05, 4.69) is 10.6 Å². The lowest BCUT2D eigenvalue weighted by molar-refractivity contribution is 0.112. The van der Waals surface area contributed by atoms with E-state index in [4.69, 9.17) is 0 Å². The molecule has 0 unspecified atom stereocenters. The second kappa shape index (κ2) is 5.14. The van der Waals surface area contributed by atoms with Gasteiger partial charge >= 0.3 is 6.03 Å². The van der Waals surface area contributed by atoms with E-state index in [-0.39, 0.29) is 12.1 Å². The van der Waals surface area contributed by atoms with Crippen LogP contribution in [0.25, 0.3) is 0 Å². The quantitative estimate of drug-likeness (QED) is 0.743. The van der Waals surface area contributed by atoms with Gasteiger partial charge in [-0.1, -0.05) is 0 Å². The van der Waals surface area contributed by atoms with Crippen molar-refractivity contribution in [2.45, 2.75) is 19.9 Å². The number of carbonyl (C=O) groups is 2. The maximum Gasteiger partial charge on any atom is 0.319 e. The highest BCUT2D eigenvalue weighted by Crippen LogP contribution is 2.07. The lowest BCUT2D eigenvalue weighted by Gasteiger charge is -2.09. The molecule has 0 heterocycles. The van der Waals surface area contributed by atoms with Crippen molar-refractivity contribution in [3.8, 4) is 0 Å². The molecule has 0 aliphatic heterocycles. The highest BCUT2D eigenvalue weighted by Gasteiger charge is 2.02. The standard InChI is InChI=1S/C11H14N2O2/c1-8(2)12-11(15)13-10-5-3-9(7-14)4-6-10/h3-8H,1-2H3,(H2,12,13,15). The van der Waals surface area contributed by atoms with Gasteiger partial charge in [0.2, 0.25) is 0 Å². The smallest absolute Gasteiger partial charge is 0.319 e. The largest absolute Gasteiger partial charge is 0.336 e. The molecule has 4 nitrogen and oxygen atoms in total. The van der Waals surface area contributed by atoms with Crippen LogP contribution in [0.3, 0.4) is 0 Å². The molecular weight excluding hydrogens is 192 g/mol. The van der Waals surface area contributed by atoms with Crippen LogP contribution in [0, 0.1) is 0 Å². The van der Waals surface area contributed by atoms with Crippen LogP contribution < -0.4 is 10.6 Å². The molecule has 0 saturated heterocycles. The average molecular weight is 206 g/mol. The lowest BCUT2D eigenvalue weighted by atomic mass is 10.2. The number of amides is 2. The predicted octanol–water partition coefficient (Wildman–Crippen LogP) is 2.03. The Kier molecular flexibility index (Phi) is 3.85. The average Bonchev–Trinajstić information content (AvgIpc) is 2.17. The third-order valence-corrected chi connectivity index (χ3v) is 1.72. The first kappa shape index (κ1) is 11.2. The highest BCUT2D eigenvalue weighted by molar-refractivity contribution is 5.89. The molecule has 1 aromatic carbocycles. The van der Waals surface area contributed by atoms with Gasteiger partial charge in [-0.3, -0.25) is 4.79 Å². The Bertz CT molecular complexity index is 344. The number of nitrogens with one attached hydrogen (secondary N) is 2. The molecule has 0 aromatic heterocycles. The Balaban J connectivity index is 2.57. The molecule has 0 spiro atoms. The summed E-state index contributed by atoms with van der Waals surface area (Å²) in [4.78, 5) is 21.7. The third-order valence-electron chi connectivity index (χ3n) is 1.72. The summed E-state index contributed by atoms with van der Waals surface area (Å²) in [6.45, 7) is 3.77. The van der Waals surface area contributed by atoms with Crippen LogP contribution in [0.15, 0.2) is 24.3 Å². The minimum atomic E-state index is -0.246. The summed E-state index contributed by atoms with van der Waals surface area (Å²) in [5, 5.41) is 5.36. The van der Waals surface area contributed by atoms with Crippen LogP contribution in [-0.2, 0) is 0 Å². The summed E-state index contributed by atoms with van der Waals surface area (Å²) >= 11 is 0. The molecule has 0 aliphatic rings. The Morgan fingerprint density at radius 1 is 1.27 bits per heavy atom. The van der Waals surface area contributed by atoms with Crippen LogP contribution >= 0.6 is 0 Å². The van der Waals surface area contributed by atoms with Crippen molar-refractivity contribution < 1.29 is 9.59 Å². The normalized spacial score (nSPS) is 9.80. The summed E-state index contributed by atoms with van der Waals surface area (Å²) in [5.41, 5.74) is 1.25. The number of aldehydes is 1. The molecule has 1 rings (SSSR count). The van der Waals surface area contributed by atoms with Crippen molar-refractivity contribution in [3.63, 3.8) is 0 Å². The van der Waals surface area contributed by atoms with Gasteiger partial charge < -0.3 is 10.6 Å².